The van der Waals surface area contributed by atoms with Gasteiger partial charge in [-0.05, 0) is 18.6 Å². The van der Waals surface area contributed by atoms with Gasteiger partial charge in [-0.15, -0.1) is 0 Å². The maximum Gasteiger partial charge on any atom is 0.270 e. The molecule has 4 rings (SSSR count). The molecule has 8 heteroatoms. The highest BCUT2D eigenvalue weighted by Gasteiger charge is 2.66. The predicted molar refractivity (Wildman–Crippen MR) is 97.0 cm³/mol. The molecule has 1 saturated heterocycles. The summed E-state index contributed by atoms with van der Waals surface area (Å²) < 4.78 is 0. The third-order valence-electron chi connectivity index (χ3n) is 4.83. The summed E-state index contributed by atoms with van der Waals surface area (Å²) in [6.07, 6.45) is 0.780. The lowest BCUT2D eigenvalue weighted by Gasteiger charge is -2.18. The van der Waals surface area contributed by atoms with Crippen LogP contribution in [0.2, 0.25) is 0 Å². The fraction of sp³-hybridized carbons (Fsp3) is 0.278. The first-order valence-electron chi connectivity index (χ1n) is 8.00. The second-order valence-electron chi connectivity index (χ2n) is 6.52. The molecule has 0 radical (unpaired) electrons. The maximum atomic E-state index is 12.2. The van der Waals surface area contributed by atoms with E-state index in [1.54, 1.807) is 30.1 Å². The molecule has 3 atom stereocenters. The summed E-state index contributed by atoms with van der Waals surface area (Å²) in [6, 6.07) is 7.24. The molecule has 2 fully saturated rings. The summed E-state index contributed by atoms with van der Waals surface area (Å²) in [6.45, 7) is 0. The zero-order valence-corrected chi connectivity index (χ0v) is 14.7. The third-order valence-corrected chi connectivity index (χ3v) is 5.76. The number of fused-ring (bicyclic) bond motifs is 1. The van der Waals surface area contributed by atoms with Gasteiger partial charge >= 0.3 is 0 Å². The number of primary amides is 1. The first kappa shape index (κ1) is 16.6. The lowest BCUT2D eigenvalue weighted by atomic mass is 9.99. The number of piperidine rings is 1. The van der Waals surface area contributed by atoms with Gasteiger partial charge in [0.05, 0.1) is 0 Å². The first-order valence-corrected chi connectivity index (χ1v) is 8.82. The van der Waals surface area contributed by atoms with Crippen molar-refractivity contribution in [1.29, 1.82) is 0 Å². The Bertz CT molecular complexity index is 1010. The van der Waals surface area contributed by atoms with Crippen LogP contribution in [-0.2, 0) is 4.79 Å². The molecular weight excluding hydrogens is 352 g/mol. The number of thiazole rings is 1. The van der Waals surface area contributed by atoms with E-state index < -0.39 is 11.5 Å². The molecule has 2 heterocycles. The number of hydrogen-bond acceptors (Lipinski definition) is 6. The van der Waals surface area contributed by atoms with Crippen LogP contribution in [-0.4, -0.2) is 45.5 Å². The van der Waals surface area contributed by atoms with Crippen LogP contribution in [0.5, 0.6) is 0 Å². The predicted octanol–water partition coefficient (Wildman–Crippen LogP) is 0.434. The number of carbonyl (C=O) groups excluding carboxylic acids is 2. The molecule has 2 aliphatic rings. The Balaban J connectivity index is 1.65. The molecule has 26 heavy (non-hydrogen) atoms. The molecule has 1 aromatic carbocycles. The van der Waals surface area contributed by atoms with Crippen LogP contribution in [0, 0.1) is 17.8 Å². The largest absolute Gasteiger partial charge is 0.389 e. The fourth-order valence-corrected chi connectivity index (χ4v) is 4.15. The number of rotatable bonds is 2. The Labute approximate surface area is 153 Å². The van der Waals surface area contributed by atoms with E-state index in [0.29, 0.717) is 10.6 Å². The number of aliphatic hydroxyl groups is 1. The SMILES string of the molecule is CN1C(=O)[C@@](O)(C#Cc2cccc(-c3nc(C(N)=O)c(N)s3)c2)[C@@H]2CC21. The van der Waals surface area contributed by atoms with Gasteiger partial charge in [0.15, 0.2) is 5.69 Å². The lowest BCUT2D eigenvalue weighted by molar-refractivity contribution is -0.140. The van der Waals surface area contributed by atoms with Crippen LogP contribution >= 0.6 is 11.3 Å². The van der Waals surface area contributed by atoms with Crippen molar-refractivity contribution >= 4 is 28.2 Å². The van der Waals surface area contributed by atoms with Gasteiger partial charge in [0.25, 0.3) is 11.8 Å². The minimum Gasteiger partial charge on any atom is -0.389 e. The zero-order chi connectivity index (χ0) is 18.6. The van der Waals surface area contributed by atoms with E-state index in [9.17, 15) is 14.7 Å². The van der Waals surface area contributed by atoms with E-state index in [1.165, 1.54) is 0 Å². The van der Waals surface area contributed by atoms with Crippen molar-refractivity contribution in [2.24, 2.45) is 11.7 Å². The van der Waals surface area contributed by atoms with Gasteiger partial charge in [0, 0.05) is 30.1 Å². The number of nitrogen functional groups attached to an aromatic ring is 1. The number of benzene rings is 1. The Morgan fingerprint density at radius 3 is 2.88 bits per heavy atom. The molecule has 2 amide bonds. The minimum absolute atomic E-state index is 0.0511. The molecule has 0 spiro atoms. The number of amides is 2. The number of carbonyl (C=O) groups is 2. The molecule has 1 aliphatic carbocycles. The van der Waals surface area contributed by atoms with Gasteiger partial charge in [-0.2, -0.15) is 0 Å². The highest BCUT2D eigenvalue weighted by molar-refractivity contribution is 7.19. The summed E-state index contributed by atoms with van der Waals surface area (Å²) in [7, 11) is 1.69. The van der Waals surface area contributed by atoms with Crippen molar-refractivity contribution in [3.05, 3.63) is 35.5 Å². The second-order valence-corrected chi connectivity index (χ2v) is 7.55. The fourth-order valence-electron chi connectivity index (χ4n) is 3.31. The summed E-state index contributed by atoms with van der Waals surface area (Å²) in [4.78, 5) is 29.2. The van der Waals surface area contributed by atoms with Crippen LogP contribution in [0.25, 0.3) is 10.6 Å². The second kappa shape index (κ2) is 5.56. The van der Waals surface area contributed by atoms with E-state index in [2.05, 4.69) is 16.8 Å². The average molecular weight is 368 g/mol. The first-order chi connectivity index (χ1) is 12.3. The lowest BCUT2D eigenvalue weighted by Crippen LogP contribution is -2.41. The highest BCUT2D eigenvalue weighted by Crippen LogP contribution is 2.50. The van der Waals surface area contributed by atoms with E-state index in [4.69, 9.17) is 11.5 Å². The van der Waals surface area contributed by atoms with Crippen LogP contribution in [0.4, 0.5) is 5.00 Å². The zero-order valence-electron chi connectivity index (χ0n) is 13.9. The number of aromatic nitrogens is 1. The molecule has 1 aromatic heterocycles. The number of likely N-dealkylation sites (tertiary alicyclic amines) is 1. The molecule has 1 unspecified atom stereocenters. The number of anilines is 1. The van der Waals surface area contributed by atoms with Gasteiger partial charge in [-0.25, -0.2) is 4.98 Å². The van der Waals surface area contributed by atoms with E-state index in [0.717, 1.165) is 23.3 Å². The molecular formula is C18H16N4O3S. The molecule has 1 saturated carbocycles. The molecule has 7 nitrogen and oxygen atoms in total. The number of likely N-dealkylation sites (N-methyl/N-ethyl adjacent to an activating group) is 1. The van der Waals surface area contributed by atoms with Crippen molar-refractivity contribution in [3.63, 3.8) is 0 Å². The van der Waals surface area contributed by atoms with Gasteiger partial charge in [-0.1, -0.05) is 35.3 Å². The Morgan fingerprint density at radius 2 is 2.27 bits per heavy atom. The number of nitrogens with two attached hydrogens (primary N) is 2. The number of hydrogen-bond donors (Lipinski definition) is 3. The van der Waals surface area contributed by atoms with Crippen molar-refractivity contribution in [3.8, 4) is 22.4 Å². The Hall–Kier alpha value is -2.89. The van der Waals surface area contributed by atoms with E-state index >= 15 is 0 Å². The monoisotopic (exact) mass is 368 g/mol. The van der Waals surface area contributed by atoms with Crippen molar-refractivity contribution in [1.82, 2.24) is 9.88 Å². The molecule has 132 valence electrons. The summed E-state index contributed by atoms with van der Waals surface area (Å²) >= 11 is 1.16. The van der Waals surface area contributed by atoms with E-state index in [-0.39, 0.29) is 28.6 Å². The van der Waals surface area contributed by atoms with Gasteiger partial charge in [0.1, 0.15) is 10.0 Å². The van der Waals surface area contributed by atoms with Crippen molar-refractivity contribution in [2.45, 2.75) is 18.1 Å². The number of nitrogens with zero attached hydrogens (tertiary/aromatic N) is 2. The van der Waals surface area contributed by atoms with Crippen LogP contribution in [0.15, 0.2) is 24.3 Å². The van der Waals surface area contributed by atoms with Gasteiger partial charge in [0.2, 0.25) is 5.60 Å². The molecule has 1 aliphatic heterocycles. The smallest absolute Gasteiger partial charge is 0.270 e. The van der Waals surface area contributed by atoms with Gasteiger partial charge in [-0.3, -0.25) is 9.59 Å². The quantitative estimate of drug-likeness (QED) is 0.664. The average Bonchev–Trinajstić information content (AvgIpc) is 3.29. The van der Waals surface area contributed by atoms with Crippen LogP contribution in [0.1, 0.15) is 22.5 Å². The molecule has 0 bridgehead atoms. The topological polar surface area (TPSA) is 123 Å². The Morgan fingerprint density at radius 1 is 1.50 bits per heavy atom. The normalized spacial score (nSPS) is 26.2. The van der Waals surface area contributed by atoms with Crippen molar-refractivity contribution < 1.29 is 14.7 Å². The Kier molecular flexibility index (Phi) is 3.54. The maximum absolute atomic E-state index is 12.2. The summed E-state index contributed by atoms with van der Waals surface area (Å²) in [5.74, 6) is 4.51. The molecule has 5 N–H and O–H groups in total. The summed E-state index contributed by atoms with van der Waals surface area (Å²) in [5, 5.41) is 11.5. The summed E-state index contributed by atoms with van der Waals surface area (Å²) in [5.41, 5.74) is 10.8. The minimum atomic E-state index is -1.61. The van der Waals surface area contributed by atoms with Crippen LogP contribution in [0.3, 0.4) is 0 Å². The van der Waals surface area contributed by atoms with Gasteiger partial charge < -0.3 is 21.5 Å². The van der Waals surface area contributed by atoms with Crippen LogP contribution < -0.4 is 11.5 Å². The molecule has 2 aromatic rings. The van der Waals surface area contributed by atoms with E-state index in [1.807, 2.05) is 6.07 Å². The highest BCUT2D eigenvalue weighted by atomic mass is 32.1. The van der Waals surface area contributed by atoms with Crippen molar-refractivity contribution in [2.75, 3.05) is 12.8 Å². The third kappa shape index (κ3) is 2.44. The standard InChI is InChI=1S/C18H16N4O3S/c1-22-12-8-11(12)18(25,17(22)24)6-5-9-3-2-4-10(7-9)16-21-13(14(19)23)15(20)26-16/h2-4,7,11-12,25H,8,20H2,1H3,(H2,19,23)/t11-,12?,18-/m1/s1.